The van der Waals surface area contributed by atoms with E-state index in [0.29, 0.717) is 0 Å². The lowest BCUT2D eigenvalue weighted by Crippen LogP contribution is -2.00. The zero-order chi connectivity index (χ0) is 37.7. The number of nitrogens with zero attached hydrogens (tertiary/aromatic N) is 5. The summed E-state index contributed by atoms with van der Waals surface area (Å²) in [6, 6.07) is 64.1. The third-order valence-electron chi connectivity index (χ3n) is 10.9. The van der Waals surface area contributed by atoms with E-state index in [2.05, 4.69) is 167 Å². The van der Waals surface area contributed by atoms with E-state index in [1.807, 2.05) is 42.9 Å². The Kier molecular flexibility index (Phi) is 7.74. The number of para-hydroxylation sites is 1. The molecule has 5 heterocycles. The number of pyridine rings is 4. The van der Waals surface area contributed by atoms with Crippen molar-refractivity contribution in [3.8, 4) is 62.0 Å². The Balaban J connectivity index is 1.15. The van der Waals surface area contributed by atoms with Crippen LogP contribution in [0.25, 0.3) is 105 Å². The first-order valence-electron chi connectivity index (χ1n) is 19.1. The van der Waals surface area contributed by atoms with Gasteiger partial charge in [-0.25, -0.2) is 9.97 Å². The fraction of sp³-hybridized carbons (Fsp3) is 0. The number of benzene rings is 6. The summed E-state index contributed by atoms with van der Waals surface area (Å²) in [4.78, 5) is 19.7. The average molecular weight is 728 g/mol. The zero-order valence-corrected chi connectivity index (χ0v) is 30.8. The summed E-state index contributed by atoms with van der Waals surface area (Å²) in [5.74, 6) is 0.815. The van der Waals surface area contributed by atoms with Crippen molar-refractivity contribution in [1.82, 2.24) is 24.5 Å². The van der Waals surface area contributed by atoms with E-state index < -0.39 is 0 Å². The number of aromatic nitrogens is 5. The summed E-state index contributed by atoms with van der Waals surface area (Å²) in [5, 5.41) is 7.08. The molecule has 0 unspecified atom stereocenters. The summed E-state index contributed by atoms with van der Waals surface area (Å²) in [6.45, 7) is 0. The van der Waals surface area contributed by atoms with Gasteiger partial charge in [-0.1, -0.05) is 127 Å². The van der Waals surface area contributed by atoms with Crippen LogP contribution in [-0.4, -0.2) is 24.5 Å². The minimum absolute atomic E-state index is 0.768. The average Bonchev–Trinajstić information content (AvgIpc) is 3.63. The van der Waals surface area contributed by atoms with Crippen molar-refractivity contribution < 1.29 is 0 Å². The summed E-state index contributed by atoms with van der Waals surface area (Å²) in [7, 11) is 0. The van der Waals surface area contributed by atoms with Crippen LogP contribution in [0.5, 0.6) is 0 Å². The van der Waals surface area contributed by atoms with Gasteiger partial charge in [0.05, 0.1) is 33.8 Å². The summed E-state index contributed by atoms with van der Waals surface area (Å²) < 4.78 is 2.21. The first-order chi connectivity index (χ1) is 28.3. The van der Waals surface area contributed by atoms with Gasteiger partial charge in [-0.3, -0.25) is 14.5 Å². The molecule has 57 heavy (non-hydrogen) atoms. The molecule has 0 bridgehead atoms. The molecule has 0 saturated carbocycles. The van der Waals surface area contributed by atoms with E-state index in [9.17, 15) is 0 Å². The SMILES string of the molecule is c1ccc(-c2c3ccccc3c(-c3ccccc3)c3cc(-c4cc(-c5ccccn5)nc(-c5cccc(-n6c7ccccc7c7cnccc76)n5)c4)ccc23)cc1. The maximum atomic E-state index is 5.30. The van der Waals surface area contributed by atoms with E-state index >= 15 is 0 Å². The van der Waals surface area contributed by atoms with Crippen molar-refractivity contribution in [1.29, 1.82) is 0 Å². The Morgan fingerprint density at radius 2 is 0.947 bits per heavy atom. The highest BCUT2D eigenvalue weighted by Crippen LogP contribution is 2.45. The lowest BCUT2D eigenvalue weighted by atomic mass is 9.85. The molecule has 6 aromatic carbocycles. The Morgan fingerprint density at radius 1 is 0.333 bits per heavy atom. The molecular weight excluding hydrogens is 695 g/mol. The highest BCUT2D eigenvalue weighted by atomic mass is 15.1. The molecule has 0 amide bonds. The number of fused-ring (bicyclic) bond motifs is 5. The minimum Gasteiger partial charge on any atom is -0.294 e. The van der Waals surface area contributed by atoms with Crippen molar-refractivity contribution in [3.05, 3.63) is 201 Å². The lowest BCUT2D eigenvalue weighted by Gasteiger charge is -2.19. The van der Waals surface area contributed by atoms with Crippen LogP contribution in [0.1, 0.15) is 0 Å². The van der Waals surface area contributed by atoms with Crippen molar-refractivity contribution in [2.24, 2.45) is 0 Å². The summed E-state index contributed by atoms with van der Waals surface area (Å²) >= 11 is 0. The normalized spacial score (nSPS) is 11.5. The van der Waals surface area contributed by atoms with Gasteiger partial charge in [0.25, 0.3) is 0 Å². The molecular formula is C52H33N5. The van der Waals surface area contributed by atoms with Crippen LogP contribution < -0.4 is 0 Å². The molecule has 0 aliphatic rings. The molecule has 0 atom stereocenters. The molecule has 0 N–H and O–H groups in total. The van der Waals surface area contributed by atoms with Crippen LogP contribution in [0.4, 0.5) is 0 Å². The third kappa shape index (κ3) is 5.56. The predicted octanol–water partition coefficient (Wildman–Crippen LogP) is 13.0. The second-order valence-electron chi connectivity index (χ2n) is 14.3. The standard InChI is InChI=1S/C52H33N5/c1-3-14-34(15-4-1)51-39-19-7-8-20-40(39)52(35-16-5-2-6-17-35)42-30-36(25-26-41(42)51)37-31-46(44-21-11-12-28-54-44)55-47(32-37)45-22-13-24-50(56-45)57-48-23-10-9-18-38(48)43-33-53-29-27-49(43)57/h1-33H. The van der Waals surface area contributed by atoms with Gasteiger partial charge in [-0.05, 0) is 110 Å². The van der Waals surface area contributed by atoms with Crippen LogP contribution in [0.3, 0.4) is 0 Å². The predicted molar refractivity (Wildman–Crippen MR) is 234 cm³/mol. The van der Waals surface area contributed by atoms with Crippen LogP contribution in [0, 0.1) is 0 Å². The van der Waals surface area contributed by atoms with Crippen LogP contribution >= 0.6 is 0 Å². The molecule has 266 valence electrons. The van der Waals surface area contributed by atoms with E-state index in [1.165, 1.54) is 43.8 Å². The van der Waals surface area contributed by atoms with Gasteiger partial charge in [0.2, 0.25) is 0 Å². The Morgan fingerprint density at radius 3 is 1.68 bits per heavy atom. The van der Waals surface area contributed by atoms with Gasteiger partial charge in [-0.15, -0.1) is 0 Å². The first-order valence-corrected chi connectivity index (χ1v) is 19.1. The molecule has 0 aliphatic carbocycles. The van der Waals surface area contributed by atoms with Crippen LogP contribution in [0.2, 0.25) is 0 Å². The number of hydrogen-bond donors (Lipinski definition) is 0. The fourth-order valence-corrected chi connectivity index (χ4v) is 8.42. The Hall–Kier alpha value is -7.76. The molecule has 11 aromatic rings. The van der Waals surface area contributed by atoms with Gasteiger partial charge < -0.3 is 0 Å². The maximum absolute atomic E-state index is 5.30. The van der Waals surface area contributed by atoms with Gasteiger partial charge >= 0.3 is 0 Å². The molecule has 11 rings (SSSR count). The monoisotopic (exact) mass is 727 g/mol. The topological polar surface area (TPSA) is 56.5 Å². The highest BCUT2D eigenvalue weighted by molar-refractivity contribution is 6.22. The lowest BCUT2D eigenvalue weighted by molar-refractivity contribution is 1.07. The zero-order valence-electron chi connectivity index (χ0n) is 30.8. The highest BCUT2D eigenvalue weighted by Gasteiger charge is 2.19. The molecule has 0 saturated heterocycles. The molecule has 0 radical (unpaired) electrons. The van der Waals surface area contributed by atoms with Gasteiger partial charge in [0.1, 0.15) is 5.82 Å². The van der Waals surface area contributed by atoms with Gasteiger partial charge in [0, 0.05) is 29.4 Å². The second-order valence-corrected chi connectivity index (χ2v) is 14.3. The Bertz CT molecular complexity index is 3230. The maximum Gasteiger partial charge on any atom is 0.138 e. The van der Waals surface area contributed by atoms with E-state index in [1.54, 1.807) is 0 Å². The van der Waals surface area contributed by atoms with Crippen molar-refractivity contribution in [3.63, 3.8) is 0 Å². The van der Waals surface area contributed by atoms with Crippen LogP contribution in [0.15, 0.2) is 201 Å². The quantitative estimate of drug-likeness (QED) is 0.160. The van der Waals surface area contributed by atoms with Crippen LogP contribution in [-0.2, 0) is 0 Å². The van der Waals surface area contributed by atoms with Gasteiger partial charge in [0.15, 0.2) is 0 Å². The Labute approximate surface area is 329 Å². The number of rotatable bonds is 6. The molecule has 0 spiro atoms. The summed E-state index contributed by atoms with van der Waals surface area (Å²) in [6.07, 6.45) is 5.59. The molecule has 0 aliphatic heterocycles. The first kappa shape index (κ1) is 32.7. The molecule has 5 heteroatoms. The second kappa shape index (κ2) is 13.5. The van der Waals surface area contributed by atoms with Crippen molar-refractivity contribution in [2.75, 3.05) is 0 Å². The van der Waals surface area contributed by atoms with Gasteiger partial charge in [-0.2, -0.15) is 0 Å². The molecule has 5 nitrogen and oxygen atoms in total. The molecule has 0 fully saturated rings. The fourth-order valence-electron chi connectivity index (χ4n) is 8.42. The van der Waals surface area contributed by atoms with E-state index in [4.69, 9.17) is 15.0 Å². The summed E-state index contributed by atoms with van der Waals surface area (Å²) in [5.41, 5.74) is 12.2. The van der Waals surface area contributed by atoms with Crippen molar-refractivity contribution >= 4 is 43.4 Å². The van der Waals surface area contributed by atoms with E-state index in [-0.39, 0.29) is 0 Å². The molecule has 5 aromatic heterocycles. The largest absolute Gasteiger partial charge is 0.294 e. The smallest absolute Gasteiger partial charge is 0.138 e. The number of hydrogen-bond acceptors (Lipinski definition) is 4. The minimum atomic E-state index is 0.768. The van der Waals surface area contributed by atoms with E-state index in [0.717, 1.165) is 61.5 Å². The van der Waals surface area contributed by atoms with Crippen molar-refractivity contribution in [2.45, 2.75) is 0 Å². The third-order valence-corrected chi connectivity index (χ3v) is 10.9.